The first-order chi connectivity index (χ1) is 13.7. The number of aliphatic carboxylic acids is 1. The van der Waals surface area contributed by atoms with Crippen LogP contribution >= 0.6 is 0 Å². The van der Waals surface area contributed by atoms with Crippen LogP contribution in [-0.2, 0) is 19.6 Å². The molecule has 9 heteroatoms. The molecule has 0 unspecified atom stereocenters. The third-order valence-corrected chi connectivity index (χ3v) is 5.03. The van der Waals surface area contributed by atoms with Crippen molar-refractivity contribution in [3.63, 3.8) is 0 Å². The van der Waals surface area contributed by atoms with E-state index < -0.39 is 27.9 Å². The van der Waals surface area contributed by atoms with Gasteiger partial charge in [0.1, 0.15) is 0 Å². The largest absolute Gasteiger partial charge is 0.481 e. The summed E-state index contributed by atoms with van der Waals surface area (Å²) in [4.78, 5) is 23.5. The van der Waals surface area contributed by atoms with E-state index in [-0.39, 0.29) is 12.8 Å². The molecule has 152 valence electrons. The fourth-order valence-electron chi connectivity index (χ4n) is 3.19. The number of carboxylic acids is 1. The molecule has 29 heavy (non-hydrogen) atoms. The summed E-state index contributed by atoms with van der Waals surface area (Å²) in [7, 11) is -3.49. The van der Waals surface area contributed by atoms with Gasteiger partial charge in [0.2, 0.25) is 15.9 Å². The number of carbonyl (C=O) groups excluding carboxylic acids is 1. The van der Waals surface area contributed by atoms with Gasteiger partial charge in [-0.05, 0) is 11.6 Å². The van der Waals surface area contributed by atoms with Gasteiger partial charge in [-0.3, -0.25) is 14.3 Å². The molecule has 0 aromatic heterocycles. The first kappa shape index (κ1) is 20.5. The molecular formula is C20H21N3O5S. The molecule has 1 heterocycles. The lowest BCUT2D eigenvalue weighted by atomic mass is 9.97. The summed E-state index contributed by atoms with van der Waals surface area (Å²) in [6.45, 7) is 0. The number of amides is 1. The van der Waals surface area contributed by atoms with Gasteiger partial charge in [-0.1, -0.05) is 48.5 Å². The van der Waals surface area contributed by atoms with Crippen LogP contribution in [0.5, 0.6) is 0 Å². The molecule has 0 fully saturated rings. The molecule has 2 N–H and O–H groups in total. The molecule has 1 aliphatic rings. The number of sulfonamides is 1. The van der Waals surface area contributed by atoms with E-state index in [9.17, 15) is 18.0 Å². The van der Waals surface area contributed by atoms with E-state index in [0.29, 0.717) is 23.4 Å². The second kappa shape index (κ2) is 8.44. The average molecular weight is 415 g/mol. The molecule has 0 aliphatic carbocycles. The highest BCUT2D eigenvalue weighted by Gasteiger charge is 2.33. The lowest BCUT2D eigenvalue weighted by molar-refractivity contribution is -0.141. The number of nitrogens with zero attached hydrogens (tertiary/aromatic N) is 2. The average Bonchev–Trinajstić information content (AvgIpc) is 3.11. The predicted octanol–water partition coefficient (Wildman–Crippen LogP) is 2.60. The monoisotopic (exact) mass is 415 g/mol. The van der Waals surface area contributed by atoms with Crippen molar-refractivity contribution in [2.75, 3.05) is 11.0 Å². The molecule has 8 nitrogen and oxygen atoms in total. The Balaban J connectivity index is 1.97. The van der Waals surface area contributed by atoms with Crippen LogP contribution in [-0.4, -0.2) is 42.4 Å². The van der Waals surface area contributed by atoms with Crippen LogP contribution in [0.1, 0.15) is 36.4 Å². The van der Waals surface area contributed by atoms with Gasteiger partial charge in [-0.2, -0.15) is 5.10 Å². The lowest BCUT2D eigenvalue weighted by Crippen LogP contribution is -2.27. The van der Waals surface area contributed by atoms with E-state index in [1.807, 2.05) is 30.3 Å². The van der Waals surface area contributed by atoms with Crippen molar-refractivity contribution in [3.05, 3.63) is 65.7 Å². The number of para-hydroxylation sites is 1. The van der Waals surface area contributed by atoms with Gasteiger partial charge >= 0.3 is 5.97 Å². The van der Waals surface area contributed by atoms with Crippen LogP contribution in [0.15, 0.2) is 59.7 Å². The Morgan fingerprint density at radius 2 is 1.76 bits per heavy atom. The van der Waals surface area contributed by atoms with Crippen LogP contribution in [0.3, 0.4) is 0 Å². The van der Waals surface area contributed by atoms with Gasteiger partial charge in [0.05, 0.1) is 30.1 Å². The van der Waals surface area contributed by atoms with Gasteiger partial charge in [-0.15, -0.1) is 0 Å². The number of hydrazone groups is 1. The van der Waals surface area contributed by atoms with E-state index in [2.05, 4.69) is 9.82 Å². The van der Waals surface area contributed by atoms with Gasteiger partial charge in [0.25, 0.3) is 0 Å². The first-order valence-corrected chi connectivity index (χ1v) is 10.9. The minimum Gasteiger partial charge on any atom is -0.481 e. The molecule has 0 bridgehead atoms. The van der Waals surface area contributed by atoms with Crippen molar-refractivity contribution in [3.8, 4) is 0 Å². The van der Waals surface area contributed by atoms with E-state index in [0.717, 1.165) is 11.8 Å². The molecule has 2 aromatic carbocycles. The Morgan fingerprint density at radius 3 is 2.41 bits per heavy atom. The smallest absolute Gasteiger partial charge is 0.303 e. The third kappa shape index (κ3) is 5.20. The number of nitrogens with one attached hydrogen (secondary N) is 1. The van der Waals surface area contributed by atoms with Crippen molar-refractivity contribution in [1.29, 1.82) is 0 Å². The number of carbonyl (C=O) groups is 2. The summed E-state index contributed by atoms with van der Waals surface area (Å²) in [5.74, 6) is -1.45. The van der Waals surface area contributed by atoms with Crippen LogP contribution in [0.2, 0.25) is 0 Å². The Morgan fingerprint density at radius 1 is 1.10 bits per heavy atom. The highest BCUT2D eigenvalue weighted by Crippen LogP contribution is 2.35. The third-order valence-electron chi connectivity index (χ3n) is 4.44. The summed E-state index contributed by atoms with van der Waals surface area (Å²) in [5.41, 5.74) is 2.37. The van der Waals surface area contributed by atoms with E-state index in [4.69, 9.17) is 5.11 Å². The highest BCUT2D eigenvalue weighted by atomic mass is 32.2. The summed E-state index contributed by atoms with van der Waals surface area (Å²) in [6, 6.07) is 15.8. The SMILES string of the molecule is CS(=O)(=O)Nc1ccccc1C1=NN(C(=O)CCC(=O)O)[C@H](c2ccccc2)C1. The molecule has 1 amide bonds. The van der Waals surface area contributed by atoms with E-state index in [1.165, 1.54) is 5.01 Å². The molecule has 1 aliphatic heterocycles. The minimum absolute atomic E-state index is 0.168. The molecule has 1 atom stereocenters. The number of carboxylic acid groups (broad SMARTS) is 1. The summed E-state index contributed by atoms with van der Waals surface area (Å²) in [5, 5.41) is 14.7. The van der Waals surface area contributed by atoms with Crippen molar-refractivity contribution in [1.82, 2.24) is 5.01 Å². The van der Waals surface area contributed by atoms with Crippen LogP contribution in [0.25, 0.3) is 0 Å². The lowest BCUT2D eigenvalue weighted by Gasteiger charge is -2.21. The number of anilines is 1. The fraction of sp³-hybridized carbons (Fsp3) is 0.250. The van der Waals surface area contributed by atoms with Crippen LogP contribution in [0, 0.1) is 0 Å². The van der Waals surface area contributed by atoms with Crippen LogP contribution < -0.4 is 4.72 Å². The standard InChI is InChI=1S/C20H21N3O5S/c1-29(27,28)22-16-10-6-5-9-15(16)17-13-18(14-7-3-2-4-8-14)23(21-17)19(24)11-12-20(25)26/h2-10,18,22H,11-13H2,1H3,(H,25,26)/t18-/m0/s1. The van der Waals surface area contributed by atoms with Gasteiger partial charge in [0.15, 0.2) is 0 Å². The van der Waals surface area contributed by atoms with Gasteiger partial charge in [0, 0.05) is 18.4 Å². The molecule has 0 spiro atoms. The van der Waals surface area contributed by atoms with E-state index in [1.54, 1.807) is 24.3 Å². The second-order valence-electron chi connectivity index (χ2n) is 6.73. The summed E-state index contributed by atoms with van der Waals surface area (Å²) in [6.07, 6.45) is 0.993. The molecular weight excluding hydrogens is 394 g/mol. The van der Waals surface area contributed by atoms with Crippen molar-refractivity contribution >= 4 is 33.3 Å². The van der Waals surface area contributed by atoms with Gasteiger partial charge in [-0.25, -0.2) is 13.4 Å². The topological polar surface area (TPSA) is 116 Å². The summed E-state index contributed by atoms with van der Waals surface area (Å²) >= 11 is 0. The Bertz CT molecular complexity index is 1050. The maximum Gasteiger partial charge on any atom is 0.303 e. The highest BCUT2D eigenvalue weighted by molar-refractivity contribution is 7.92. The minimum atomic E-state index is -3.49. The first-order valence-electron chi connectivity index (χ1n) is 8.98. The van der Waals surface area contributed by atoms with Crippen LogP contribution in [0.4, 0.5) is 5.69 Å². The zero-order chi connectivity index (χ0) is 21.0. The predicted molar refractivity (Wildman–Crippen MR) is 109 cm³/mol. The number of benzene rings is 2. The summed E-state index contributed by atoms with van der Waals surface area (Å²) < 4.78 is 25.9. The Labute approximate surface area is 168 Å². The zero-order valence-corrected chi connectivity index (χ0v) is 16.6. The molecule has 0 saturated heterocycles. The van der Waals surface area contributed by atoms with Gasteiger partial charge < -0.3 is 5.11 Å². The maximum absolute atomic E-state index is 12.7. The Kier molecular flexibility index (Phi) is 5.97. The van der Waals surface area contributed by atoms with Crippen molar-refractivity contribution < 1.29 is 23.1 Å². The van der Waals surface area contributed by atoms with Crippen molar-refractivity contribution in [2.45, 2.75) is 25.3 Å². The fourth-order valence-corrected chi connectivity index (χ4v) is 3.77. The quantitative estimate of drug-likeness (QED) is 0.721. The zero-order valence-electron chi connectivity index (χ0n) is 15.8. The maximum atomic E-state index is 12.7. The number of hydrogen-bond acceptors (Lipinski definition) is 5. The number of hydrogen-bond donors (Lipinski definition) is 2. The molecule has 2 aromatic rings. The molecule has 3 rings (SSSR count). The van der Waals surface area contributed by atoms with Crippen molar-refractivity contribution in [2.24, 2.45) is 5.10 Å². The Hall–Kier alpha value is -3.20. The number of rotatable bonds is 7. The molecule has 0 saturated carbocycles. The second-order valence-corrected chi connectivity index (χ2v) is 8.48. The molecule has 0 radical (unpaired) electrons. The normalized spacial score (nSPS) is 16.4. The van der Waals surface area contributed by atoms with E-state index >= 15 is 0 Å².